The molecule has 2 aromatic heterocycles. The normalized spacial score (nSPS) is 13.5. The summed E-state index contributed by atoms with van der Waals surface area (Å²) in [6.45, 7) is 9.58. The molecule has 0 unspecified atom stereocenters. The van der Waals surface area contributed by atoms with Crippen molar-refractivity contribution in [2.45, 2.75) is 20.3 Å². The van der Waals surface area contributed by atoms with E-state index >= 15 is 0 Å². The maximum Gasteiger partial charge on any atom is 0.418 e. The van der Waals surface area contributed by atoms with Gasteiger partial charge in [-0.2, -0.15) is 10.1 Å². The molecule has 13 heteroatoms. The fraction of sp³-hybridized carbons (Fsp3) is 0.297. The largest absolute Gasteiger partial charge is 0.493 e. The number of carbonyl (C=O) groups excluding carboxylic acids is 1. The number of nitrogens with zero attached hydrogens (tertiary/aromatic N) is 6. The van der Waals surface area contributed by atoms with Crippen LogP contribution in [0.3, 0.4) is 0 Å². The lowest BCUT2D eigenvalue weighted by Gasteiger charge is -2.32. The van der Waals surface area contributed by atoms with Gasteiger partial charge in [-0.05, 0) is 74.3 Å². The van der Waals surface area contributed by atoms with Gasteiger partial charge in [0.2, 0.25) is 5.95 Å². The Labute approximate surface area is 290 Å². The lowest BCUT2D eigenvalue weighted by molar-refractivity contribution is 0.145. The molecule has 1 fully saturated rings. The van der Waals surface area contributed by atoms with Crippen LogP contribution in [0.4, 0.5) is 26.6 Å². The number of amides is 1. The van der Waals surface area contributed by atoms with E-state index < -0.39 is 11.9 Å². The summed E-state index contributed by atoms with van der Waals surface area (Å²) in [5.74, 6) is 0.590. The molecule has 3 aromatic carbocycles. The Balaban J connectivity index is 1.12. The van der Waals surface area contributed by atoms with Crippen LogP contribution in [0, 0.1) is 19.7 Å². The molecule has 0 aliphatic carbocycles. The van der Waals surface area contributed by atoms with Crippen LogP contribution in [-0.4, -0.2) is 89.1 Å². The van der Waals surface area contributed by atoms with Crippen LogP contribution in [-0.2, 0) is 0 Å². The predicted molar refractivity (Wildman–Crippen MR) is 190 cm³/mol. The predicted octanol–water partition coefficient (Wildman–Crippen LogP) is 6.46. The third kappa shape index (κ3) is 8.36. The Morgan fingerprint density at radius 2 is 1.80 bits per heavy atom. The smallest absolute Gasteiger partial charge is 0.418 e. The van der Waals surface area contributed by atoms with Gasteiger partial charge in [0, 0.05) is 74.7 Å². The van der Waals surface area contributed by atoms with E-state index in [1.807, 2.05) is 50.4 Å². The summed E-state index contributed by atoms with van der Waals surface area (Å²) in [5, 5.41) is 10.00. The highest BCUT2D eigenvalue weighted by Crippen LogP contribution is 2.42. The molecular weight excluding hydrogens is 639 g/mol. The monoisotopic (exact) mass is 680 g/mol. The van der Waals surface area contributed by atoms with E-state index in [1.165, 1.54) is 25.4 Å². The average molecular weight is 681 g/mol. The number of anilines is 3. The molecule has 3 heterocycles. The van der Waals surface area contributed by atoms with Crippen LogP contribution in [0.1, 0.15) is 17.5 Å². The molecule has 12 nitrogen and oxygen atoms in total. The maximum atomic E-state index is 14.9. The third-order valence-corrected chi connectivity index (χ3v) is 8.66. The van der Waals surface area contributed by atoms with E-state index in [9.17, 15) is 9.18 Å². The van der Waals surface area contributed by atoms with Crippen LogP contribution in [0.15, 0.2) is 79.3 Å². The number of halogens is 1. The number of nitrogens with one attached hydrogen (secondary N) is 2. The summed E-state index contributed by atoms with van der Waals surface area (Å²) in [5.41, 5.74) is 4.80. The number of rotatable bonds is 12. The lowest BCUT2D eigenvalue weighted by Crippen LogP contribution is -2.44. The van der Waals surface area contributed by atoms with E-state index in [4.69, 9.17) is 14.2 Å². The van der Waals surface area contributed by atoms with Crippen molar-refractivity contribution in [3.63, 3.8) is 0 Å². The number of hydrogen-bond acceptors (Lipinski definition) is 10. The van der Waals surface area contributed by atoms with Gasteiger partial charge in [0.05, 0.1) is 19.4 Å². The minimum atomic E-state index is -0.786. The van der Waals surface area contributed by atoms with Crippen molar-refractivity contribution in [3.05, 3.63) is 96.2 Å². The van der Waals surface area contributed by atoms with Crippen molar-refractivity contribution in [3.8, 4) is 34.1 Å². The molecule has 5 aromatic rings. The first-order chi connectivity index (χ1) is 24.3. The molecule has 1 amide bonds. The first kappa shape index (κ1) is 34.3. The molecule has 1 saturated heterocycles. The van der Waals surface area contributed by atoms with Crippen molar-refractivity contribution in [2.75, 3.05) is 64.1 Å². The first-order valence-corrected chi connectivity index (χ1v) is 16.5. The SMILES string of the molecule is COc1cc(-n2cccn2)cc(-c2cccc(C)c2C)c1OC(=O)Nc1ccnc(Nc2ccc(OCCCN3CCN(C)CC3)c(F)c2)n1. The summed E-state index contributed by atoms with van der Waals surface area (Å²) in [7, 11) is 3.64. The second-order valence-corrected chi connectivity index (χ2v) is 12.1. The molecule has 1 aliphatic rings. The van der Waals surface area contributed by atoms with Crippen LogP contribution in [0.2, 0.25) is 0 Å². The van der Waals surface area contributed by atoms with Gasteiger partial charge in [-0.1, -0.05) is 18.2 Å². The molecule has 0 atom stereocenters. The van der Waals surface area contributed by atoms with Crippen LogP contribution >= 0.6 is 0 Å². The Hall–Kier alpha value is -5.53. The van der Waals surface area contributed by atoms with E-state index in [0.29, 0.717) is 23.6 Å². The molecule has 1 aliphatic heterocycles. The van der Waals surface area contributed by atoms with Crippen molar-refractivity contribution in [1.82, 2.24) is 29.5 Å². The molecule has 260 valence electrons. The zero-order valence-electron chi connectivity index (χ0n) is 28.6. The number of methoxy groups -OCH3 is 1. The van der Waals surface area contributed by atoms with E-state index in [1.54, 1.807) is 29.1 Å². The van der Waals surface area contributed by atoms with Gasteiger partial charge in [-0.15, -0.1) is 0 Å². The molecule has 0 radical (unpaired) electrons. The van der Waals surface area contributed by atoms with Crippen molar-refractivity contribution in [1.29, 1.82) is 0 Å². The highest BCUT2D eigenvalue weighted by atomic mass is 19.1. The second kappa shape index (κ2) is 15.8. The van der Waals surface area contributed by atoms with Gasteiger partial charge in [-0.25, -0.2) is 18.9 Å². The van der Waals surface area contributed by atoms with E-state index in [-0.39, 0.29) is 23.3 Å². The van der Waals surface area contributed by atoms with E-state index in [0.717, 1.165) is 61.5 Å². The Morgan fingerprint density at radius 3 is 2.56 bits per heavy atom. The third-order valence-electron chi connectivity index (χ3n) is 8.66. The van der Waals surface area contributed by atoms with Gasteiger partial charge < -0.3 is 29.3 Å². The molecule has 50 heavy (non-hydrogen) atoms. The van der Waals surface area contributed by atoms with Crippen molar-refractivity contribution >= 4 is 23.5 Å². The number of piperazine rings is 1. The summed E-state index contributed by atoms with van der Waals surface area (Å²) in [6, 6.07) is 17.5. The highest BCUT2D eigenvalue weighted by molar-refractivity contribution is 5.89. The number of hydrogen-bond donors (Lipinski definition) is 2. The van der Waals surface area contributed by atoms with Crippen molar-refractivity contribution < 1.29 is 23.4 Å². The standard InChI is InChI=1S/C37H41FN8O4/c1-25-8-5-9-29(26(25)2)30-23-28(46-16-6-13-40-46)24-33(48-4)35(30)50-37(47)43-34-12-14-39-36(42-34)41-27-10-11-32(31(38)22-27)49-21-7-15-45-19-17-44(3)18-20-45/h5-6,8-14,16,22-24H,7,15,17-21H2,1-4H3,(H2,39,41,42,43,47). The zero-order valence-corrected chi connectivity index (χ0v) is 28.6. The molecule has 0 spiro atoms. The van der Waals surface area contributed by atoms with Crippen LogP contribution in [0.5, 0.6) is 17.2 Å². The van der Waals surface area contributed by atoms with Gasteiger partial charge in [0.25, 0.3) is 0 Å². The number of benzene rings is 3. The first-order valence-electron chi connectivity index (χ1n) is 16.5. The number of aromatic nitrogens is 4. The van der Waals surface area contributed by atoms with Crippen LogP contribution in [0.25, 0.3) is 16.8 Å². The molecule has 6 rings (SSSR count). The number of likely N-dealkylation sites (N-methyl/N-ethyl adjacent to an activating group) is 1. The Bertz CT molecular complexity index is 1930. The fourth-order valence-corrected chi connectivity index (χ4v) is 5.72. The minimum absolute atomic E-state index is 0.153. The number of aryl methyl sites for hydroxylation is 1. The van der Waals surface area contributed by atoms with Gasteiger partial charge >= 0.3 is 6.09 Å². The van der Waals surface area contributed by atoms with Gasteiger partial charge in [-0.3, -0.25) is 5.32 Å². The van der Waals surface area contributed by atoms with Crippen LogP contribution < -0.4 is 24.8 Å². The average Bonchev–Trinajstić information content (AvgIpc) is 3.65. The summed E-state index contributed by atoms with van der Waals surface area (Å²) in [4.78, 5) is 26.6. The minimum Gasteiger partial charge on any atom is -0.493 e. The Morgan fingerprint density at radius 1 is 0.960 bits per heavy atom. The molecular formula is C37H41FN8O4. The van der Waals surface area contributed by atoms with Gasteiger partial charge in [0.1, 0.15) is 5.82 Å². The zero-order chi connectivity index (χ0) is 35.0. The van der Waals surface area contributed by atoms with Crippen molar-refractivity contribution in [2.24, 2.45) is 0 Å². The summed E-state index contributed by atoms with van der Waals surface area (Å²) < 4.78 is 33.9. The highest BCUT2D eigenvalue weighted by Gasteiger charge is 2.21. The number of ether oxygens (including phenoxy) is 3. The molecule has 2 N–H and O–H groups in total. The van der Waals surface area contributed by atoms with Gasteiger partial charge in [0.15, 0.2) is 23.1 Å². The maximum absolute atomic E-state index is 14.9. The molecule has 0 bridgehead atoms. The lowest BCUT2D eigenvalue weighted by atomic mass is 9.95. The second-order valence-electron chi connectivity index (χ2n) is 12.1. The Kier molecular flexibility index (Phi) is 10.8. The summed E-state index contributed by atoms with van der Waals surface area (Å²) >= 11 is 0. The number of carbonyl (C=O) groups is 1. The summed E-state index contributed by atoms with van der Waals surface area (Å²) in [6.07, 6.45) is 5.01. The molecule has 0 saturated carbocycles. The quantitative estimate of drug-likeness (QED) is 0.142. The topological polar surface area (TPSA) is 119 Å². The fourth-order valence-electron chi connectivity index (χ4n) is 5.72. The van der Waals surface area contributed by atoms with E-state index in [2.05, 4.69) is 42.5 Å².